The maximum atomic E-state index is 9.76. The first-order valence-electron chi connectivity index (χ1n) is 6.53. The Balaban J connectivity index is 1.97. The van der Waals surface area contributed by atoms with Crippen molar-refractivity contribution in [3.63, 3.8) is 0 Å². The number of thioether (sulfide) groups is 1. The van der Waals surface area contributed by atoms with Gasteiger partial charge in [-0.3, -0.25) is 0 Å². The van der Waals surface area contributed by atoms with E-state index in [-0.39, 0.29) is 11.5 Å². The lowest BCUT2D eigenvalue weighted by atomic mass is 9.64. The van der Waals surface area contributed by atoms with E-state index >= 15 is 0 Å². The predicted molar refractivity (Wildman–Crippen MR) is 78.0 cm³/mol. The standard InChI is InChI=1S/C15H23NOS/c1-10(11-5-7-12(18-4)8-6-11)16-13-9-14(17)15(13,2)3/h5-8,10,13-14,16-17H,9H2,1-4H3. The molecule has 0 spiro atoms. The summed E-state index contributed by atoms with van der Waals surface area (Å²) in [6, 6.07) is 9.44. The second-order valence-corrected chi connectivity index (χ2v) is 6.67. The summed E-state index contributed by atoms with van der Waals surface area (Å²) in [5.74, 6) is 0. The van der Waals surface area contributed by atoms with Crippen LogP contribution in [0.3, 0.4) is 0 Å². The van der Waals surface area contributed by atoms with Crippen molar-refractivity contribution in [2.24, 2.45) is 5.41 Å². The minimum absolute atomic E-state index is 0.00648. The van der Waals surface area contributed by atoms with Crippen molar-refractivity contribution < 1.29 is 5.11 Å². The van der Waals surface area contributed by atoms with Crippen LogP contribution in [-0.2, 0) is 0 Å². The van der Waals surface area contributed by atoms with E-state index in [1.165, 1.54) is 10.5 Å². The maximum absolute atomic E-state index is 9.76. The zero-order valence-electron chi connectivity index (χ0n) is 11.6. The third-order valence-electron chi connectivity index (χ3n) is 4.28. The molecule has 0 heterocycles. The normalized spacial score (nSPS) is 27.6. The molecule has 1 aliphatic rings. The van der Waals surface area contributed by atoms with Crippen LogP contribution in [0, 0.1) is 5.41 Å². The lowest BCUT2D eigenvalue weighted by molar-refractivity contribution is -0.0754. The first-order valence-corrected chi connectivity index (χ1v) is 7.75. The highest BCUT2D eigenvalue weighted by Gasteiger charge is 2.47. The Hall–Kier alpha value is -0.510. The molecule has 3 heteroatoms. The van der Waals surface area contributed by atoms with E-state index in [0.29, 0.717) is 12.1 Å². The second kappa shape index (κ2) is 5.24. The first kappa shape index (κ1) is 13.9. The van der Waals surface area contributed by atoms with E-state index in [2.05, 4.69) is 56.6 Å². The summed E-state index contributed by atoms with van der Waals surface area (Å²) in [6.45, 7) is 6.44. The van der Waals surface area contributed by atoms with Crippen LogP contribution in [0.4, 0.5) is 0 Å². The van der Waals surface area contributed by atoms with Gasteiger partial charge in [-0.2, -0.15) is 0 Å². The van der Waals surface area contributed by atoms with Crippen LogP contribution >= 0.6 is 11.8 Å². The molecule has 0 bridgehead atoms. The fourth-order valence-electron chi connectivity index (χ4n) is 2.48. The number of aliphatic hydroxyl groups excluding tert-OH is 1. The zero-order valence-corrected chi connectivity index (χ0v) is 12.4. The Kier molecular flexibility index (Phi) is 4.05. The van der Waals surface area contributed by atoms with Gasteiger partial charge >= 0.3 is 0 Å². The Morgan fingerprint density at radius 1 is 1.33 bits per heavy atom. The van der Waals surface area contributed by atoms with Gasteiger partial charge in [0.1, 0.15) is 0 Å². The number of aliphatic hydroxyl groups is 1. The van der Waals surface area contributed by atoms with Crippen LogP contribution in [0.25, 0.3) is 0 Å². The van der Waals surface area contributed by atoms with Crippen molar-refractivity contribution in [3.8, 4) is 0 Å². The van der Waals surface area contributed by atoms with Gasteiger partial charge in [0.2, 0.25) is 0 Å². The largest absolute Gasteiger partial charge is 0.392 e. The highest BCUT2D eigenvalue weighted by molar-refractivity contribution is 7.98. The lowest BCUT2D eigenvalue weighted by Crippen LogP contribution is -2.60. The smallest absolute Gasteiger partial charge is 0.0621 e. The molecule has 1 saturated carbocycles. The van der Waals surface area contributed by atoms with Crippen LogP contribution in [0.5, 0.6) is 0 Å². The van der Waals surface area contributed by atoms with E-state index in [1.54, 1.807) is 11.8 Å². The van der Waals surface area contributed by atoms with Crippen LogP contribution in [0.15, 0.2) is 29.2 Å². The molecule has 1 aromatic carbocycles. The summed E-state index contributed by atoms with van der Waals surface area (Å²) >= 11 is 1.77. The number of rotatable bonds is 4. The van der Waals surface area contributed by atoms with Crippen molar-refractivity contribution in [1.82, 2.24) is 5.32 Å². The molecule has 0 saturated heterocycles. The number of hydrogen-bond acceptors (Lipinski definition) is 3. The van der Waals surface area contributed by atoms with E-state index in [4.69, 9.17) is 0 Å². The van der Waals surface area contributed by atoms with Gasteiger partial charge in [-0.05, 0) is 37.3 Å². The highest BCUT2D eigenvalue weighted by Crippen LogP contribution is 2.41. The van der Waals surface area contributed by atoms with Crippen LogP contribution < -0.4 is 5.32 Å². The van der Waals surface area contributed by atoms with E-state index < -0.39 is 0 Å². The average molecular weight is 265 g/mol. The zero-order chi connectivity index (χ0) is 13.3. The predicted octanol–water partition coefficient (Wildman–Crippen LogP) is 3.22. The fraction of sp³-hybridized carbons (Fsp3) is 0.600. The lowest BCUT2D eigenvalue weighted by Gasteiger charge is -2.50. The maximum Gasteiger partial charge on any atom is 0.0621 e. The third kappa shape index (κ3) is 2.58. The van der Waals surface area contributed by atoms with Gasteiger partial charge in [-0.25, -0.2) is 0 Å². The molecule has 2 rings (SSSR count). The molecule has 1 aromatic rings. The Bertz CT molecular complexity index is 401. The summed E-state index contributed by atoms with van der Waals surface area (Å²) < 4.78 is 0. The SMILES string of the molecule is CSc1ccc(C(C)NC2CC(O)C2(C)C)cc1. The van der Waals surface area contributed by atoms with Crippen molar-refractivity contribution in [2.45, 2.75) is 50.3 Å². The summed E-state index contributed by atoms with van der Waals surface area (Å²) in [5.41, 5.74) is 1.30. The monoisotopic (exact) mass is 265 g/mol. The minimum Gasteiger partial charge on any atom is -0.392 e. The topological polar surface area (TPSA) is 32.3 Å². The molecule has 3 atom stereocenters. The molecule has 0 radical (unpaired) electrons. The minimum atomic E-state index is -0.166. The van der Waals surface area contributed by atoms with Gasteiger partial charge in [0.15, 0.2) is 0 Å². The molecule has 2 N–H and O–H groups in total. The fourth-order valence-corrected chi connectivity index (χ4v) is 2.88. The van der Waals surface area contributed by atoms with E-state index in [9.17, 15) is 5.11 Å². The van der Waals surface area contributed by atoms with Crippen molar-refractivity contribution in [1.29, 1.82) is 0 Å². The van der Waals surface area contributed by atoms with Crippen LogP contribution in [0.1, 0.15) is 38.8 Å². The summed E-state index contributed by atoms with van der Waals surface area (Å²) in [5, 5.41) is 13.4. The molecule has 0 aliphatic heterocycles. The molecule has 100 valence electrons. The molecule has 18 heavy (non-hydrogen) atoms. The Morgan fingerprint density at radius 3 is 2.39 bits per heavy atom. The molecule has 1 fully saturated rings. The van der Waals surface area contributed by atoms with Crippen molar-refractivity contribution >= 4 is 11.8 Å². The summed E-state index contributed by atoms with van der Waals surface area (Å²) in [6.07, 6.45) is 2.79. The number of benzene rings is 1. The quantitative estimate of drug-likeness (QED) is 0.820. The average Bonchev–Trinajstić information content (AvgIpc) is 2.38. The number of hydrogen-bond donors (Lipinski definition) is 2. The van der Waals surface area contributed by atoms with Crippen LogP contribution in [0.2, 0.25) is 0 Å². The van der Waals surface area contributed by atoms with Gasteiger partial charge < -0.3 is 10.4 Å². The van der Waals surface area contributed by atoms with Crippen molar-refractivity contribution in [3.05, 3.63) is 29.8 Å². The Morgan fingerprint density at radius 2 is 1.94 bits per heavy atom. The van der Waals surface area contributed by atoms with E-state index in [1.807, 2.05) is 0 Å². The van der Waals surface area contributed by atoms with Gasteiger partial charge in [-0.15, -0.1) is 11.8 Å². The first-order chi connectivity index (χ1) is 8.45. The molecule has 3 unspecified atom stereocenters. The Labute approximate surface area is 114 Å². The molecule has 2 nitrogen and oxygen atoms in total. The van der Waals surface area contributed by atoms with Gasteiger partial charge in [0, 0.05) is 22.4 Å². The molecule has 0 amide bonds. The van der Waals surface area contributed by atoms with Crippen molar-refractivity contribution in [2.75, 3.05) is 6.26 Å². The number of nitrogens with one attached hydrogen (secondary N) is 1. The van der Waals surface area contributed by atoms with Gasteiger partial charge in [-0.1, -0.05) is 26.0 Å². The second-order valence-electron chi connectivity index (χ2n) is 5.79. The third-order valence-corrected chi connectivity index (χ3v) is 5.03. The van der Waals surface area contributed by atoms with Gasteiger partial charge in [0.05, 0.1) is 6.10 Å². The molecule has 0 aromatic heterocycles. The van der Waals surface area contributed by atoms with Gasteiger partial charge in [0.25, 0.3) is 0 Å². The summed E-state index contributed by atoms with van der Waals surface area (Å²) in [7, 11) is 0. The van der Waals surface area contributed by atoms with Crippen LogP contribution in [-0.4, -0.2) is 23.5 Å². The molecular weight excluding hydrogens is 242 g/mol. The molecule has 1 aliphatic carbocycles. The molecular formula is C15H23NOS. The van der Waals surface area contributed by atoms with E-state index in [0.717, 1.165) is 6.42 Å². The highest BCUT2D eigenvalue weighted by atomic mass is 32.2. The summed E-state index contributed by atoms with van der Waals surface area (Å²) in [4.78, 5) is 1.30.